The van der Waals surface area contributed by atoms with Gasteiger partial charge in [0.05, 0.1) is 27.2 Å². The lowest BCUT2D eigenvalue weighted by Gasteiger charge is -2.14. The summed E-state index contributed by atoms with van der Waals surface area (Å²) in [5.41, 5.74) is 1.15. The lowest BCUT2D eigenvalue weighted by atomic mass is 9.98. The van der Waals surface area contributed by atoms with E-state index in [4.69, 9.17) is 51.2 Å². The number of carbonyl (C=O) groups excluding carboxylic acids is 3. The molecule has 0 aliphatic rings. The van der Waals surface area contributed by atoms with Gasteiger partial charge in [-0.2, -0.15) is 0 Å². The Morgan fingerprint density at radius 3 is 1.61 bits per heavy atom. The van der Waals surface area contributed by atoms with Crippen molar-refractivity contribution < 1.29 is 19.2 Å². The number of halogens is 4. The summed E-state index contributed by atoms with van der Waals surface area (Å²) in [5.74, 6) is 0. The molecule has 12 nitrogen and oxygen atoms in total. The van der Waals surface area contributed by atoms with Gasteiger partial charge >= 0.3 is 18.1 Å². The maximum atomic E-state index is 11.4. The first kappa shape index (κ1) is 39.0. The van der Waals surface area contributed by atoms with Crippen LogP contribution in [-0.4, -0.2) is 80.6 Å². The summed E-state index contributed by atoms with van der Waals surface area (Å²) < 4.78 is 0. The number of hydrogen-bond donors (Lipinski definition) is 3. The number of hydroxylamine groups is 2. The highest BCUT2D eigenvalue weighted by atomic mass is 35.5. The molecule has 0 saturated heterocycles. The third-order valence-corrected chi connectivity index (χ3v) is 8.07. The maximum Gasteiger partial charge on any atom is 0.345 e. The van der Waals surface area contributed by atoms with Crippen LogP contribution in [0.5, 0.6) is 0 Å². The number of carbonyl (C=O) groups is 3. The van der Waals surface area contributed by atoms with E-state index in [-0.39, 0.29) is 17.5 Å². The Kier molecular flexibility index (Phi) is 16.0. The fourth-order valence-electron chi connectivity index (χ4n) is 2.58. The molecule has 44 heavy (non-hydrogen) atoms. The van der Waals surface area contributed by atoms with Crippen LogP contribution in [0.25, 0.3) is 0 Å². The highest BCUT2D eigenvalue weighted by Gasteiger charge is 2.22. The second-order valence-corrected chi connectivity index (χ2v) is 12.5. The van der Waals surface area contributed by atoms with Crippen LogP contribution in [0.1, 0.15) is 25.8 Å². The molecule has 0 aliphatic heterocycles. The third kappa shape index (κ3) is 12.9. The van der Waals surface area contributed by atoms with E-state index in [1.165, 1.54) is 35.3 Å². The van der Waals surface area contributed by atoms with Gasteiger partial charge in [-0.1, -0.05) is 78.5 Å². The van der Waals surface area contributed by atoms with Gasteiger partial charge in [-0.15, -0.1) is 10.2 Å². The Morgan fingerprint density at radius 1 is 0.773 bits per heavy atom. The van der Waals surface area contributed by atoms with Crippen molar-refractivity contribution in [2.45, 2.75) is 26.2 Å². The summed E-state index contributed by atoms with van der Waals surface area (Å²) in [6, 6.07) is 8.95. The number of urea groups is 3. The third-order valence-electron chi connectivity index (χ3n) is 5.17. The van der Waals surface area contributed by atoms with Crippen molar-refractivity contribution in [2.75, 3.05) is 57.9 Å². The zero-order valence-corrected chi connectivity index (χ0v) is 29.6. The number of amides is 6. The molecule has 0 fully saturated rings. The SMILES string of the molecule is CN(C)C(=O)Nc1ccc(Cl)c(Cl)c1.CNC(=O)N(C)c1nnc(C(C)(C)C)s1.CON(C)C(=O)Nc1ccc(Cl)c(Cl)c1. The van der Waals surface area contributed by atoms with Gasteiger partial charge in [0.25, 0.3) is 0 Å². The quantitative estimate of drug-likeness (QED) is 0.238. The Morgan fingerprint density at radius 2 is 1.25 bits per heavy atom. The zero-order valence-electron chi connectivity index (χ0n) is 25.8. The van der Waals surface area contributed by atoms with Crippen LogP contribution in [-0.2, 0) is 10.3 Å². The summed E-state index contributed by atoms with van der Waals surface area (Å²) in [6.45, 7) is 6.20. The van der Waals surface area contributed by atoms with Crippen LogP contribution in [0.2, 0.25) is 20.1 Å². The normalized spacial score (nSPS) is 10.3. The predicted molar refractivity (Wildman–Crippen MR) is 181 cm³/mol. The van der Waals surface area contributed by atoms with Crippen LogP contribution in [0.3, 0.4) is 0 Å². The van der Waals surface area contributed by atoms with Crippen molar-refractivity contribution in [3.63, 3.8) is 0 Å². The minimum Gasteiger partial charge on any atom is -0.341 e. The van der Waals surface area contributed by atoms with Gasteiger partial charge in [-0.25, -0.2) is 19.4 Å². The number of hydrogen-bond acceptors (Lipinski definition) is 7. The second-order valence-electron chi connectivity index (χ2n) is 9.95. The van der Waals surface area contributed by atoms with E-state index in [1.807, 2.05) is 0 Å². The summed E-state index contributed by atoms with van der Waals surface area (Å²) >= 11 is 24.4. The van der Waals surface area contributed by atoms with Gasteiger partial charge in [0.2, 0.25) is 5.13 Å². The summed E-state index contributed by atoms with van der Waals surface area (Å²) in [5, 5.41) is 20.1. The van der Waals surface area contributed by atoms with E-state index in [9.17, 15) is 14.4 Å². The zero-order chi connectivity index (χ0) is 33.8. The smallest absolute Gasteiger partial charge is 0.341 e. The molecule has 3 aromatic rings. The highest BCUT2D eigenvalue weighted by Crippen LogP contribution is 2.29. The van der Waals surface area contributed by atoms with Crippen molar-refractivity contribution in [2.24, 2.45) is 0 Å². The predicted octanol–water partition coefficient (Wildman–Crippen LogP) is 7.72. The minimum atomic E-state index is -0.393. The molecule has 0 atom stereocenters. The molecule has 3 N–H and O–H groups in total. The van der Waals surface area contributed by atoms with Crippen LogP contribution < -0.4 is 20.9 Å². The van der Waals surface area contributed by atoms with Crippen molar-refractivity contribution in [3.8, 4) is 0 Å². The van der Waals surface area contributed by atoms with Gasteiger partial charge in [-0.3, -0.25) is 9.74 Å². The van der Waals surface area contributed by atoms with Crippen LogP contribution in [0.4, 0.5) is 30.9 Å². The summed E-state index contributed by atoms with van der Waals surface area (Å²) in [4.78, 5) is 41.5. The van der Waals surface area contributed by atoms with E-state index >= 15 is 0 Å². The van der Waals surface area contributed by atoms with E-state index in [0.717, 1.165) is 10.1 Å². The van der Waals surface area contributed by atoms with Gasteiger partial charge < -0.3 is 20.9 Å². The summed E-state index contributed by atoms with van der Waals surface area (Å²) in [6.07, 6.45) is 0. The maximum absolute atomic E-state index is 11.4. The fraction of sp³-hybridized carbons (Fsp3) is 0.370. The second kappa shape index (κ2) is 18.0. The van der Waals surface area contributed by atoms with Crippen molar-refractivity contribution >= 4 is 92.3 Å². The van der Waals surface area contributed by atoms with Gasteiger partial charge in [0.15, 0.2) is 0 Å². The molecule has 0 unspecified atom stereocenters. The average Bonchev–Trinajstić information content (AvgIpc) is 3.47. The lowest BCUT2D eigenvalue weighted by molar-refractivity contribution is -0.0598. The van der Waals surface area contributed by atoms with Crippen LogP contribution in [0.15, 0.2) is 36.4 Å². The summed E-state index contributed by atoms with van der Waals surface area (Å²) in [7, 11) is 9.47. The molecule has 2 aromatic carbocycles. The number of rotatable bonds is 4. The Bertz CT molecular complexity index is 1420. The number of aromatic nitrogens is 2. The molecule has 0 spiro atoms. The molecule has 0 saturated carbocycles. The lowest BCUT2D eigenvalue weighted by Crippen LogP contribution is -2.34. The van der Waals surface area contributed by atoms with E-state index in [2.05, 4.69) is 46.9 Å². The van der Waals surface area contributed by atoms with E-state index in [1.54, 1.807) is 64.6 Å². The number of anilines is 3. The van der Waals surface area contributed by atoms with Crippen LogP contribution >= 0.6 is 57.7 Å². The molecule has 0 radical (unpaired) electrons. The first-order chi connectivity index (χ1) is 20.4. The largest absolute Gasteiger partial charge is 0.345 e. The minimum absolute atomic E-state index is 0.0283. The van der Waals surface area contributed by atoms with Gasteiger partial charge in [0.1, 0.15) is 5.01 Å². The van der Waals surface area contributed by atoms with Gasteiger partial charge in [-0.05, 0) is 36.4 Å². The molecule has 1 heterocycles. The first-order valence-corrected chi connectivity index (χ1v) is 15.0. The molecule has 0 bridgehead atoms. The average molecular weight is 711 g/mol. The van der Waals surface area contributed by atoms with E-state index in [0.29, 0.717) is 36.6 Å². The molecule has 1 aromatic heterocycles. The fourth-order valence-corrected chi connectivity index (χ4v) is 4.04. The standard InChI is InChI=1S/C9H10Cl2N2O2.C9H10Cl2N2O.C9H16N4OS/c1-13(15-2)9(14)12-6-3-4-7(10)8(11)5-6;1-13(2)9(14)12-6-3-4-7(10)8(11)5-6;1-9(2,3)6-11-12-8(15-6)13(5)7(14)10-4/h3-5H,1-2H3,(H,12,14);3-5H,1-2H3,(H,12,14);1-5H3,(H,10,14). The van der Waals surface area contributed by atoms with Crippen LogP contribution in [0, 0.1) is 0 Å². The highest BCUT2D eigenvalue weighted by molar-refractivity contribution is 7.15. The Hall–Kier alpha value is -3.07. The monoisotopic (exact) mass is 708 g/mol. The molecule has 0 aliphatic carbocycles. The topological polar surface area (TPSA) is 132 Å². The van der Waals surface area contributed by atoms with E-state index < -0.39 is 6.03 Å². The molecular formula is C27H36Cl4N8O4S. The molecule has 6 amide bonds. The molecule has 17 heteroatoms. The van der Waals surface area contributed by atoms with Gasteiger partial charge in [0, 0.05) is 52.0 Å². The number of nitrogens with one attached hydrogen (secondary N) is 3. The Labute approximate surface area is 281 Å². The number of nitrogens with zero attached hydrogens (tertiary/aromatic N) is 5. The molecular weight excluding hydrogens is 674 g/mol. The first-order valence-electron chi connectivity index (χ1n) is 12.7. The molecule has 3 rings (SSSR count). The molecule has 242 valence electrons. The van der Waals surface area contributed by atoms with Crippen molar-refractivity contribution in [1.29, 1.82) is 0 Å². The van der Waals surface area contributed by atoms with Crippen molar-refractivity contribution in [1.82, 2.24) is 25.5 Å². The van der Waals surface area contributed by atoms with Crippen molar-refractivity contribution in [3.05, 3.63) is 61.5 Å². The number of benzene rings is 2. The Balaban J connectivity index is 0.000000330.